The number of nitrogens with two attached hydrogens (primary N) is 2. The Labute approximate surface area is 727 Å². The van der Waals surface area contributed by atoms with Crippen LogP contribution in [0.2, 0.25) is 0 Å². The molecule has 1 saturated heterocycles. The Hall–Kier alpha value is -10.7. The lowest BCUT2D eigenvalue weighted by molar-refractivity contribution is -0.146. The molecule has 1 heterocycles. The molecule has 1 aliphatic rings. The maximum absolute atomic E-state index is 14.5. The lowest BCUT2D eigenvalue weighted by atomic mass is 9.92. The van der Waals surface area contributed by atoms with Crippen molar-refractivity contribution in [1.82, 2.24) is 95.3 Å². The number of carbonyl (C=O) groups excluding carboxylic acids is 20. The Morgan fingerprint density at radius 2 is 0.702 bits per heavy atom. The van der Waals surface area contributed by atoms with Gasteiger partial charge in [0.15, 0.2) is 0 Å². The third kappa shape index (κ3) is 33.8. The fourth-order valence-electron chi connectivity index (χ4n) is 12.4. The Kier molecular flexibility index (Phi) is 41.6. The quantitative estimate of drug-likeness (QED) is 0.0280. The predicted molar refractivity (Wildman–Crippen MR) is 456 cm³/mol. The number of nitrogens with one attached hydrogen (secondary N) is 17. The van der Waals surface area contributed by atoms with Gasteiger partial charge in [0.25, 0.3) is 0 Å². The standard InChI is InChI=1S/C82H144N20O22/c1-28-44(8)52(40-103)88-59(110)48(33-35-55(83)106)89-67(118)76(16,17)99-68(119)78(20,21)97-62(113)50(38-42(4)5)87-64(115)54-32-31-37-102(54)73(124)80(24,25)100-69(120)77(18,19)95-58(109)46(10)86-65(116)75(14,15)96-63(114)51(39-43(6)7)91-71(122)81(26,29-2)98-61(112)49(34-36-56(84)107)90-72(123)82(27,30-3)101-70(121)79(22,23)94-57(108)45(9)85-60(111)53(41-104)92-66(117)74(12,13)93-47(11)105/h42-46,48-54,103-104H,28-41H2,1-27H3,(H2,83,106)(H2,84,107)(H,85,111)(H,86,116)(H,87,115)(H,88,110)(H,89,118)(H,90,123)(H,91,122)(H,92,117)(H,93,105)(H,94,108)(H,95,109)(H,96,114)(H,97,113)(H,98,112)(H,99,119)(H,100,120)(H,101,121). The van der Waals surface area contributed by atoms with E-state index in [1.54, 1.807) is 27.7 Å². The zero-order valence-electron chi connectivity index (χ0n) is 77.5. The van der Waals surface area contributed by atoms with Crippen molar-refractivity contribution in [3.8, 4) is 0 Å². The molecule has 0 bridgehead atoms. The molecule has 0 saturated carbocycles. The third-order valence-corrected chi connectivity index (χ3v) is 21.5. The SMILES string of the molecule is CCC(C)C(CO)NC(=O)C(CCC(N)=O)NC(=O)C(C)(C)NC(=O)C(C)(C)NC(=O)C(CC(C)C)NC(=O)C1CCCN1C(=O)C(C)(C)NC(=O)C(C)(C)NC(=O)C(C)NC(=O)C(C)(C)NC(=O)C(CC(C)C)NC(=O)C(C)(CC)NC(=O)C(CCC(N)=O)NC(=O)C(C)(CC)NC(=O)C(C)(C)NC(=O)C(C)NC(=O)C(CO)NC(=O)C(C)(C)NC(C)=O. The molecule has 0 aliphatic carbocycles. The minimum absolute atomic E-state index is 0.0296. The molecule has 12 atom stereocenters. The van der Waals surface area contributed by atoms with E-state index >= 15 is 0 Å². The molecule has 12 unspecified atom stereocenters. The number of amides is 20. The van der Waals surface area contributed by atoms with E-state index in [1.165, 1.54) is 150 Å². The van der Waals surface area contributed by atoms with E-state index in [-0.39, 0.29) is 69.2 Å². The second-order valence-electron chi connectivity index (χ2n) is 37.1. The summed E-state index contributed by atoms with van der Waals surface area (Å²) in [4.78, 5) is 274. The number of hydrogen-bond donors (Lipinski definition) is 21. The molecular formula is C82H144N20O22. The molecule has 23 N–H and O–H groups in total. The zero-order chi connectivity index (χ0) is 96.5. The molecule has 0 aromatic carbocycles. The monoisotopic (exact) mass is 1760 g/mol. The highest BCUT2D eigenvalue weighted by Gasteiger charge is 2.49. The number of aliphatic hydroxyl groups is 2. The summed E-state index contributed by atoms with van der Waals surface area (Å²) in [7, 11) is 0. The van der Waals surface area contributed by atoms with E-state index in [1.807, 2.05) is 13.8 Å². The van der Waals surface area contributed by atoms with Gasteiger partial charge in [0.2, 0.25) is 118 Å². The number of nitrogens with zero attached hydrogens (tertiary/aromatic N) is 1. The summed E-state index contributed by atoms with van der Waals surface area (Å²) >= 11 is 0. The first-order valence-electron chi connectivity index (χ1n) is 42.0. The van der Waals surface area contributed by atoms with Crippen molar-refractivity contribution < 1.29 is 106 Å². The first-order chi connectivity index (χ1) is 56.5. The molecule has 42 nitrogen and oxygen atoms in total. The van der Waals surface area contributed by atoms with E-state index < -0.39 is 248 Å². The Morgan fingerprint density at radius 1 is 0.363 bits per heavy atom. The molecule has 704 valence electrons. The second kappa shape index (κ2) is 46.3. The summed E-state index contributed by atoms with van der Waals surface area (Å²) < 4.78 is 0. The zero-order valence-corrected chi connectivity index (χ0v) is 77.5. The fourth-order valence-corrected chi connectivity index (χ4v) is 12.4. The summed E-state index contributed by atoms with van der Waals surface area (Å²) in [6.45, 7) is 37.6. The lowest BCUT2D eigenvalue weighted by Crippen LogP contribution is -2.67. The van der Waals surface area contributed by atoms with Gasteiger partial charge in [-0.1, -0.05) is 61.8 Å². The van der Waals surface area contributed by atoms with Crippen molar-refractivity contribution in [2.45, 2.75) is 362 Å². The number of carbonyl (C=O) groups is 20. The molecule has 0 radical (unpaired) electrons. The summed E-state index contributed by atoms with van der Waals surface area (Å²) in [6.07, 6.45) is -0.527. The fraction of sp³-hybridized carbons (Fsp3) is 0.756. The van der Waals surface area contributed by atoms with Gasteiger partial charge in [0.05, 0.1) is 19.3 Å². The van der Waals surface area contributed by atoms with E-state index in [4.69, 9.17) is 11.5 Å². The highest BCUT2D eigenvalue weighted by atomic mass is 16.3. The van der Waals surface area contributed by atoms with Crippen LogP contribution in [-0.4, -0.2) is 257 Å². The molecule has 1 fully saturated rings. The topological polar surface area (TPSA) is 642 Å². The molecule has 0 aromatic heterocycles. The average Bonchev–Trinajstić information content (AvgIpc) is 1.61. The Balaban J connectivity index is 3.28. The van der Waals surface area contributed by atoms with E-state index in [9.17, 15) is 106 Å². The van der Waals surface area contributed by atoms with Crippen LogP contribution in [-0.2, 0) is 95.9 Å². The van der Waals surface area contributed by atoms with Gasteiger partial charge in [-0.15, -0.1) is 0 Å². The molecule has 20 amide bonds. The smallest absolute Gasteiger partial charge is 0.248 e. The van der Waals surface area contributed by atoms with Gasteiger partial charge in [-0.2, -0.15) is 0 Å². The van der Waals surface area contributed by atoms with Crippen LogP contribution in [0.4, 0.5) is 0 Å². The molecule has 0 spiro atoms. The lowest BCUT2D eigenvalue weighted by Gasteiger charge is -2.37. The van der Waals surface area contributed by atoms with Crippen molar-refractivity contribution in [3.63, 3.8) is 0 Å². The van der Waals surface area contributed by atoms with Crippen LogP contribution in [0, 0.1) is 17.8 Å². The van der Waals surface area contributed by atoms with Crippen molar-refractivity contribution in [1.29, 1.82) is 0 Å². The molecule has 1 aliphatic heterocycles. The molecule has 0 aromatic rings. The van der Waals surface area contributed by atoms with Gasteiger partial charge in [-0.25, -0.2) is 0 Å². The maximum atomic E-state index is 14.5. The van der Waals surface area contributed by atoms with Gasteiger partial charge in [0.1, 0.15) is 98.2 Å². The number of primary amides is 2. The van der Waals surface area contributed by atoms with Crippen LogP contribution in [0.15, 0.2) is 0 Å². The minimum atomic E-state index is -1.87. The third-order valence-electron chi connectivity index (χ3n) is 21.5. The number of likely N-dealkylation sites (tertiary alicyclic amines) is 1. The Morgan fingerprint density at radius 3 is 1.11 bits per heavy atom. The molecule has 1 rings (SSSR count). The first-order valence-corrected chi connectivity index (χ1v) is 42.0. The van der Waals surface area contributed by atoms with Crippen LogP contribution in [0.25, 0.3) is 0 Å². The molecular weight excluding hydrogens is 1620 g/mol. The maximum Gasteiger partial charge on any atom is 0.248 e. The molecule has 42 heteroatoms. The van der Waals surface area contributed by atoms with E-state index in [2.05, 4.69) is 90.4 Å². The van der Waals surface area contributed by atoms with Crippen LogP contribution < -0.4 is 102 Å². The van der Waals surface area contributed by atoms with Gasteiger partial charge in [0, 0.05) is 26.3 Å². The van der Waals surface area contributed by atoms with Crippen molar-refractivity contribution in [2.24, 2.45) is 29.2 Å². The molecule has 124 heavy (non-hydrogen) atoms. The average molecular weight is 1760 g/mol. The second-order valence-corrected chi connectivity index (χ2v) is 37.1. The number of rotatable bonds is 50. The van der Waals surface area contributed by atoms with Crippen LogP contribution >= 0.6 is 0 Å². The minimum Gasteiger partial charge on any atom is -0.394 e. The van der Waals surface area contributed by atoms with E-state index in [0.29, 0.717) is 12.8 Å². The Bertz CT molecular complexity index is 3910. The van der Waals surface area contributed by atoms with Crippen LogP contribution in [0.3, 0.4) is 0 Å². The van der Waals surface area contributed by atoms with Gasteiger partial charge in [-0.3, -0.25) is 95.9 Å². The highest BCUT2D eigenvalue weighted by molar-refractivity contribution is 6.04. The summed E-state index contributed by atoms with van der Waals surface area (Å²) in [5, 5.41) is 63.4. The summed E-state index contributed by atoms with van der Waals surface area (Å²) in [5.41, 5.74) is -5.06. The van der Waals surface area contributed by atoms with Crippen LogP contribution in [0.5, 0.6) is 0 Å². The van der Waals surface area contributed by atoms with Gasteiger partial charge >= 0.3 is 0 Å². The predicted octanol–water partition coefficient (Wildman–Crippen LogP) is -3.60. The van der Waals surface area contributed by atoms with Crippen molar-refractivity contribution in [3.05, 3.63) is 0 Å². The van der Waals surface area contributed by atoms with Crippen molar-refractivity contribution >= 4 is 118 Å². The summed E-state index contributed by atoms with van der Waals surface area (Å²) in [6, 6.07) is -11.7. The van der Waals surface area contributed by atoms with Gasteiger partial charge < -0.3 is 117 Å². The summed E-state index contributed by atoms with van der Waals surface area (Å²) in [5.74, 6) is -17.5. The van der Waals surface area contributed by atoms with E-state index in [0.717, 1.165) is 0 Å². The first kappa shape index (κ1) is 111. The van der Waals surface area contributed by atoms with Crippen molar-refractivity contribution in [2.75, 3.05) is 19.8 Å². The highest BCUT2D eigenvalue weighted by Crippen LogP contribution is 2.25. The normalized spacial score (nSPS) is 16.5. The van der Waals surface area contributed by atoms with Gasteiger partial charge in [-0.05, 0) is 194 Å². The van der Waals surface area contributed by atoms with Crippen LogP contribution in [0.1, 0.15) is 258 Å². The number of hydrogen-bond acceptors (Lipinski definition) is 22. The largest absolute Gasteiger partial charge is 0.394 e. The number of aliphatic hydroxyl groups excluding tert-OH is 2.